The van der Waals surface area contributed by atoms with E-state index in [1.807, 2.05) is 0 Å². The number of ether oxygens (including phenoxy) is 1. The van der Waals surface area contributed by atoms with Gasteiger partial charge in [-0.25, -0.2) is 9.18 Å². The molecule has 0 aliphatic heterocycles. The van der Waals surface area contributed by atoms with Crippen LogP contribution in [0.2, 0.25) is 0 Å². The highest BCUT2D eigenvalue weighted by Crippen LogP contribution is 2.23. The fraction of sp³-hybridized carbons (Fsp3) is 0.200. The predicted molar refractivity (Wildman–Crippen MR) is 77.8 cm³/mol. The first kappa shape index (κ1) is 16.6. The molecule has 0 saturated heterocycles. The molecule has 2 N–H and O–H groups in total. The second-order valence-corrected chi connectivity index (χ2v) is 4.62. The van der Waals surface area contributed by atoms with Gasteiger partial charge in [0.1, 0.15) is 0 Å². The molecule has 122 valence electrons. The van der Waals surface area contributed by atoms with Crippen LogP contribution in [-0.2, 0) is 0 Å². The van der Waals surface area contributed by atoms with Crippen LogP contribution in [0.3, 0.4) is 0 Å². The largest absolute Gasteiger partial charge is 0.432 e. The topological polar surface area (TPSA) is 63.2 Å². The summed E-state index contributed by atoms with van der Waals surface area (Å²) in [7, 11) is 0. The minimum Gasteiger partial charge on any atom is -0.432 e. The molecule has 0 bridgehead atoms. The monoisotopic (exact) mass is 325 g/mol. The van der Waals surface area contributed by atoms with Crippen molar-refractivity contribution in [2.45, 2.75) is 19.6 Å². The molecule has 0 aliphatic rings. The molecule has 23 heavy (non-hydrogen) atoms. The van der Waals surface area contributed by atoms with E-state index >= 15 is 0 Å². The first-order valence-corrected chi connectivity index (χ1v) is 6.67. The Bertz CT molecular complexity index is 668. The van der Waals surface area contributed by atoms with Crippen molar-refractivity contribution < 1.29 is 22.7 Å². The highest BCUT2D eigenvalue weighted by Gasteiger charge is 2.13. The first-order chi connectivity index (χ1) is 11.0. The Labute approximate surface area is 130 Å². The Morgan fingerprint density at radius 3 is 2.52 bits per heavy atom. The summed E-state index contributed by atoms with van der Waals surface area (Å²) >= 11 is 0. The fourth-order valence-corrected chi connectivity index (χ4v) is 1.87. The van der Waals surface area contributed by atoms with E-state index in [4.69, 9.17) is 0 Å². The number of urea groups is 1. The van der Waals surface area contributed by atoms with Gasteiger partial charge in [0.15, 0.2) is 11.6 Å². The summed E-state index contributed by atoms with van der Waals surface area (Å²) in [6.45, 7) is -1.34. The Kier molecular flexibility index (Phi) is 5.40. The zero-order chi connectivity index (χ0) is 16.8. The number of aromatic nitrogens is 1. The second-order valence-electron chi connectivity index (χ2n) is 4.62. The number of hydrogen-bond acceptors (Lipinski definition) is 3. The zero-order valence-corrected chi connectivity index (χ0v) is 12.1. The number of benzene rings is 1. The Hall–Kier alpha value is -2.77. The van der Waals surface area contributed by atoms with Crippen LogP contribution in [0.5, 0.6) is 5.75 Å². The van der Waals surface area contributed by atoms with Gasteiger partial charge in [0.2, 0.25) is 0 Å². The molecule has 1 atom stereocenters. The van der Waals surface area contributed by atoms with Gasteiger partial charge < -0.3 is 15.4 Å². The second kappa shape index (κ2) is 7.48. The van der Waals surface area contributed by atoms with Crippen molar-refractivity contribution in [3.8, 4) is 5.75 Å². The van der Waals surface area contributed by atoms with E-state index in [0.29, 0.717) is 0 Å². The number of rotatable bonds is 5. The van der Waals surface area contributed by atoms with E-state index < -0.39 is 24.2 Å². The van der Waals surface area contributed by atoms with Gasteiger partial charge in [0.25, 0.3) is 0 Å². The van der Waals surface area contributed by atoms with Crippen molar-refractivity contribution in [2.24, 2.45) is 0 Å². The Morgan fingerprint density at radius 1 is 1.22 bits per heavy atom. The number of carbonyl (C=O) groups excluding carboxylic acids is 1. The molecule has 2 rings (SSSR count). The van der Waals surface area contributed by atoms with E-state index in [0.717, 1.165) is 17.7 Å². The average Bonchev–Trinajstić information content (AvgIpc) is 2.50. The van der Waals surface area contributed by atoms with Crippen molar-refractivity contribution in [3.05, 3.63) is 54.1 Å². The molecular weight excluding hydrogens is 311 g/mol. The summed E-state index contributed by atoms with van der Waals surface area (Å²) in [5.41, 5.74) is 0.963. The molecule has 0 radical (unpaired) electrons. The van der Waals surface area contributed by atoms with Crippen molar-refractivity contribution >= 4 is 11.7 Å². The minimum absolute atomic E-state index is 0.114. The molecule has 5 nitrogen and oxygen atoms in total. The molecule has 2 aromatic rings. The maximum absolute atomic E-state index is 13.6. The third-order valence-electron chi connectivity index (χ3n) is 2.96. The van der Waals surface area contributed by atoms with Crippen molar-refractivity contribution in [3.63, 3.8) is 0 Å². The number of alkyl halides is 2. The molecule has 0 saturated carbocycles. The number of hydrogen-bond donors (Lipinski definition) is 2. The van der Waals surface area contributed by atoms with Crippen molar-refractivity contribution in [1.82, 2.24) is 10.3 Å². The van der Waals surface area contributed by atoms with Gasteiger partial charge in [-0.3, -0.25) is 4.98 Å². The van der Waals surface area contributed by atoms with Crippen molar-refractivity contribution in [2.75, 3.05) is 5.32 Å². The first-order valence-electron chi connectivity index (χ1n) is 6.67. The van der Waals surface area contributed by atoms with E-state index in [1.54, 1.807) is 31.5 Å². The Morgan fingerprint density at radius 2 is 1.91 bits per heavy atom. The summed E-state index contributed by atoms with van der Waals surface area (Å²) in [4.78, 5) is 15.7. The van der Waals surface area contributed by atoms with E-state index in [2.05, 4.69) is 20.4 Å². The minimum atomic E-state index is -3.12. The maximum atomic E-state index is 13.6. The number of nitrogens with zero attached hydrogens (tertiary/aromatic N) is 1. The predicted octanol–water partition coefficient (Wildman–Crippen LogP) is 3.70. The van der Waals surface area contributed by atoms with Crippen LogP contribution in [0.25, 0.3) is 0 Å². The van der Waals surface area contributed by atoms with Gasteiger partial charge in [0.05, 0.1) is 6.04 Å². The highest BCUT2D eigenvalue weighted by atomic mass is 19.3. The summed E-state index contributed by atoms with van der Waals surface area (Å²) in [6, 6.07) is 5.83. The standard InChI is InChI=1S/C15H14F3N3O2/c1-9(10-4-6-19-7-5-10)20-15(22)21-11-2-3-13(12(16)8-11)23-14(17)18/h2-9,14H,1H3,(H2,20,21,22). The number of pyridine rings is 1. The van der Waals surface area contributed by atoms with Crippen LogP contribution >= 0.6 is 0 Å². The summed E-state index contributed by atoms with van der Waals surface area (Å²) in [5, 5.41) is 5.07. The van der Waals surface area contributed by atoms with Gasteiger partial charge in [-0.2, -0.15) is 8.78 Å². The third kappa shape index (κ3) is 4.87. The Balaban J connectivity index is 1.96. The lowest BCUT2D eigenvalue weighted by molar-refractivity contribution is -0.0521. The number of amides is 2. The molecule has 1 aromatic carbocycles. The normalized spacial score (nSPS) is 11.9. The van der Waals surface area contributed by atoms with Crippen molar-refractivity contribution in [1.29, 1.82) is 0 Å². The van der Waals surface area contributed by atoms with Gasteiger partial charge in [-0.1, -0.05) is 0 Å². The van der Waals surface area contributed by atoms with Gasteiger partial charge in [0, 0.05) is 24.1 Å². The molecular formula is C15H14F3N3O2. The molecule has 0 aliphatic carbocycles. The van der Waals surface area contributed by atoms with Crippen LogP contribution in [-0.4, -0.2) is 17.6 Å². The van der Waals surface area contributed by atoms with E-state index in [1.165, 1.54) is 6.07 Å². The quantitative estimate of drug-likeness (QED) is 0.881. The van der Waals surface area contributed by atoms with Gasteiger partial charge >= 0.3 is 12.6 Å². The maximum Gasteiger partial charge on any atom is 0.387 e. The summed E-state index contributed by atoms with van der Waals surface area (Å²) < 4.78 is 41.6. The summed E-state index contributed by atoms with van der Waals surface area (Å²) in [5.74, 6) is -1.58. The van der Waals surface area contributed by atoms with Gasteiger partial charge in [-0.05, 0) is 36.8 Å². The van der Waals surface area contributed by atoms with Crippen LogP contribution in [0.4, 0.5) is 23.7 Å². The zero-order valence-electron chi connectivity index (χ0n) is 12.1. The van der Waals surface area contributed by atoms with Crippen LogP contribution in [0, 0.1) is 5.82 Å². The fourth-order valence-electron chi connectivity index (χ4n) is 1.87. The van der Waals surface area contributed by atoms with E-state index in [-0.39, 0.29) is 11.7 Å². The lowest BCUT2D eigenvalue weighted by atomic mass is 10.1. The van der Waals surface area contributed by atoms with Crippen LogP contribution in [0.1, 0.15) is 18.5 Å². The number of carbonyl (C=O) groups is 1. The average molecular weight is 325 g/mol. The molecule has 1 heterocycles. The molecule has 0 fully saturated rings. The lowest BCUT2D eigenvalue weighted by Gasteiger charge is -2.15. The molecule has 2 amide bonds. The summed E-state index contributed by atoms with van der Waals surface area (Å²) in [6.07, 6.45) is 3.20. The number of nitrogens with one attached hydrogen (secondary N) is 2. The van der Waals surface area contributed by atoms with Crippen LogP contribution in [0.15, 0.2) is 42.7 Å². The van der Waals surface area contributed by atoms with E-state index in [9.17, 15) is 18.0 Å². The van der Waals surface area contributed by atoms with Gasteiger partial charge in [-0.15, -0.1) is 0 Å². The SMILES string of the molecule is CC(NC(=O)Nc1ccc(OC(F)F)c(F)c1)c1ccncc1. The molecule has 0 spiro atoms. The van der Waals surface area contributed by atoms with Crippen LogP contribution < -0.4 is 15.4 Å². The third-order valence-corrected chi connectivity index (χ3v) is 2.96. The molecule has 1 aromatic heterocycles. The lowest BCUT2D eigenvalue weighted by Crippen LogP contribution is -2.31. The molecule has 8 heteroatoms. The highest BCUT2D eigenvalue weighted by molar-refractivity contribution is 5.89. The number of halogens is 3. The number of anilines is 1. The smallest absolute Gasteiger partial charge is 0.387 e. The molecule has 1 unspecified atom stereocenters.